The van der Waals surface area contributed by atoms with E-state index in [9.17, 15) is 18.4 Å². The maximum Gasteiger partial charge on any atom is 0.387 e. The molecule has 2 rings (SSSR count). The van der Waals surface area contributed by atoms with Crippen molar-refractivity contribution in [3.8, 4) is 11.5 Å². The monoisotopic (exact) mass is 368 g/mol. The van der Waals surface area contributed by atoms with E-state index in [2.05, 4.69) is 15.4 Å². The minimum atomic E-state index is -3.01. The molecular weight excluding hydrogens is 350 g/mol. The van der Waals surface area contributed by atoms with E-state index in [4.69, 9.17) is 9.15 Å². The van der Waals surface area contributed by atoms with Gasteiger partial charge in [-0.25, -0.2) is 0 Å². The first-order chi connectivity index (χ1) is 12.5. The molecule has 140 valence electrons. The van der Waals surface area contributed by atoms with E-state index >= 15 is 0 Å². The van der Waals surface area contributed by atoms with Crippen LogP contribution in [-0.2, 0) is 11.3 Å². The van der Waals surface area contributed by atoms with Gasteiger partial charge in [0.15, 0.2) is 11.5 Å². The van der Waals surface area contributed by atoms with Gasteiger partial charge in [-0.15, -0.1) is 0 Å². The summed E-state index contributed by atoms with van der Waals surface area (Å²) < 4.78 is 39.4. The van der Waals surface area contributed by atoms with Crippen molar-refractivity contribution in [2.45, 2.75) is 20.1 Å². The second kappa shape index (κ2) is 9.40. The van der Waals surface area contributed by atoms with E-state index < -0.39 is 18.4 Å². The lowest BCUT2D eigenvalue weighted by Gasteiger charge is -2.12. The Hall–Kier alpha value is -3.10. The molecule has 1 aromatic heterocycles. The van der Waals surface area contributed by atoms with Crippen LogP contribution in [0.2, 0.25) is 0 Å². The predicted octanol–water partition coefficient (Wildman–Crippen LogP) is 2.33. The van der Waals surface area contributed by atoms with E-state index in [1.807, 2.05) is 0 Å². The number of rotatable bonds is 9. The fraction of sp³-hybridized carbons (Fsp3) is 0.294. The van der Waals surface area contributed by atoms with Crippen LogP contribution < -0.4 is 20.1 Å². The third-order valence-corrected chi connectivity index (χ3v) is 3.17. The Labute approximate surface area is 148 Å². The molecule has 0 fully saturated rings. The van der Waals surface area contributed by atoms with Gasteiger partial charge in [0.1, 0.15) is 5.76 Å². The zero-order chi connectivity index (χ0) is 18.9. The van der Waals surface area contributed by atoms with Crippen LogP contribution in [0.15, 0.2) is 41.0 Å². The lowest BCUT2D eigenvalue weighted by Crippen LogP contribution is -2.36. The molecule has 2 aromatic rings. The molecular formula is C17H18F2N2O5. The Morgan fingerprint density at radius 3 is 2.65 bits per heavy atom. The molecule has 0 unspecified atom stereocenters. The molecule has 9 heteroatoms. The van der Waals surface area contributed by atoms with Gasteiger partial charge in [-0.2, -0.15) is 8.78 Å². The highest BCUT2D eigenvalue weighted by molar-refractivity contribution is 5.97. The van der Waals surface area contributed by atoms with Gasteiger partial charge in [0.25, 0.3) is 5.91 Å². The maximum absolute atomic E-state index is 12.4. The second-order valence-electron chi connectivity index (χ2n) is 5.01. The zero-order valence-electron chi connectivity index (χ0n) is 14.0. The van der Waals surface area contributed by atoms with Gasteiger partial charge in [0.05, 0.1) is 26.0 Å². The summed E-state index contributed by atoms with van der Waals surface area (Å²) in [6.45, 7) is -1.18. The Morgan fingerprint density at radius 1 is 1.19 bits per heavy atom. The number of furan rings is 1. The molecule has 7 nitrogen and oxygen atoms in total. The number of halogens is 2. The molecule has 0 aliphatic rings. The second-order valence-corrected chi connectivity index (χ2v) is 5.01. The van der Waals surface area contributed by atoms with Crippen molar-refractivity contribution in [3.63, 3.8) is 0 Å². The third kappa shape index (κ3) is 5.76. The molecule has 0 atom stereocenters. The SMILES string of the molecule is CCOc1cc(C(=O)NCC(=O)NCc2ccco2)ccc1OC(F)F. The van der Waals surface area contributed by atoms with Gasteiger partial charge in [-0.3, -0.25) is 9.59 Å². The summed E-state index contributed by atoms with van der Waals surface area (Å²) in [5.41, 5.74) is 0.147. The molecule has 26 heavy (non-hydrogen) atoms. The summed E-state index contributed by atoms with van der Waals surface area (Å²) in [7, 11) is 0. The number of hydrogen-bond acceptors (Lipinski definition) is 5. The first-order valence-electron chi connectivity index (χ1n) is 7.78. The molecule has 0 aliphatic carbocycles. The summed E-state index contributed by atoms with van der Waals surface area (Å²) in [5.74, 6) is -0.530. The third-order valence-electron chi connectivity index (χ3n) is 3.17. The molecule has 0 aliphatic heterocycles. The predicted molar refractivity (Wildman–Crippen MR) is 87.1 cm³/mol. The van der Waals surface area contributed by atoms with Gasteiger partial charge in [0.2, 0.25) is 5.91 Å². The molecule has 0 bridgehead atoms. The molecule has 0 saturated heterocycles. The van der Waals surface area contributed by atoms with Gasteiger partial charge in [-0.1, -0.05) is 0 Å². The maximum atomic E-state index is 12.4. The zero-order valence-corrected chi connectivity index (χ0v) is 14.0. The molecule has 0 radical (unpaired) electrons. The average Bonchev–Trinajstić information content (AvgIpc) is 3.12. The van der Waals surface area contributed by atoms with Crippen molar-refractivity contribution in [2.75, 3.05) is 13.2 Å². The average molecular weight is 368 g/mol. The summed E-state index contributed by atoms with van der Waals surface area (Å²) in [6, 6.07) is 7.19. The number of amides is 2. The largest absolute Gasteiger partial charge is 0.490 e. The van der Waals surface area contributed by atoms with E-state index in [1.165, 1.54) is 24.5 Å². The fourth-order valence-corrected chi connectivity index (χ4v) is 2.03. The topological polar surface area (TPSA) is 89.8 Å². The molecule has 2 N–H and O–H groups in total. The van der Waals surface area contributed by atoms with Gasteiger partial charge < -0.3 is 24.5 Å². The van der Waals surface area contributed by atoms with Crippen molar-refractivity contribution < 1.29 is 32.3 Å². The van der Waals surface area contributed by atoms with E-state index in [1.54, 1.807) is 19.1 Å². The normalized spacial score (nSPS) is 10.5. The molecule has 0 spiro atoms. The lowest BCUT2D eigenvalue weighted by atomic mass is 10.2. The van der Waals surface area contributed by atoms with E-state index in [0.29, 0.717) is 5.76 Å². The van der Waals surface area contributed by atoms with Crippen molar-refractivity contribution in [3.05, 3.63) is 47.9 Å². The summed E-state index contributed by atoms with van der Waals surface area (Å²) in [5, 5.41) is 5.01. The minimum Gasteiger partial charge on any atom is -0.490 e. The van der Waals surface area contributed by atoms with Crippen LogP contribution in [-0.4, -0.2) is 31.6 Å². The Morgan fingerprint density at radius 2 is 2.00 bits per heavy atom. The number of ether oxygens (including phenoxy) is 2. The van der Waals surface area contributed by atoms with Crippen LogP contribution in [0.5, 0.6) is 11.5 Å². The number of hydrogen-bond donors (Lipinski definition) is 2. The molecule has 0 saturated carbocycles. The highest BCUT2D eigenvalue weighted by Crippen LogP contribution is 2.29. The first-order valence-corrected chi connectivity index (χ1v) is 7.78. The van der Waals surface area contributed by atoms with Crippen LogP contribution in [0.25, 0.3) is 0 Å². The van der Waals surface area contributed by atoms with Crippen molar-refractivity contribution in [2.24, 2.45) is 0 Å². The van der Waals surface area contributed by atoms with Gasteiger partial charge >= 0.3 is 6.61 Å². The number of benzene rings is 1. The number of nitrogens with one attached hydrogen (secondary N) is 2. The van der Waals surface area contributed by atoms with Crippen LogP contribution in [0, 0.1) is 0 Å². The smallest absolute Gasteiger partial charge is 0.387 e. The van der Waals surface area contributed by atoms with Gasteiger partial charge in [0, 0.05) is 5.56 Å². The number of carbonyl (C=O) groups is 2. The molecule has 1 heterocycles. The van der Waals surface area contributed by atoms with Crippen molar-refractivity contribution in [1.82, 2.24) is 10.6 Å². The summed E-state index contributed by atoms with van der Waals surface area (Å²) >= 11 is 0. The van der Waals surface area contributed by atoms with Crippen LogP contribution in [0.1, 0.15) is 23.0 Å². The Bertz CT molecular complexity index is 735. The lowest BCUT2D eigenvalue weighted by molar-refractivity contribution is -0.120. The Balaban J connectivity index is 1.91. The number of alkyl halides is 2. The highest BCUT2D eigenvalue weighted by Gasteiger charge is 2.15. The minimum absolute atomic E-state index is 0.0164. The van der Waals surface area contributed by atoms with Crippen LogP contribution in [0.4, 0.5) is 8.78 Å². The van der Waals surface area contributed by atoms with E-state index in [-0.39, 0.29) is 36.8 Å². The standard InChI is InChI=1S/C17H18F2N2O5/c1-2-24-14-8-11(5-6-13(14)26-17(18)19)16(23)21-10-15(22)20-9-12-4-3-7-25-12/h3-8,17H,2,9-10H2,1H3,(H,20,22)(H,21,23). The summed E-state index contributed by atoms with van der Waals surface area (Å²) in [4.78, 5) is 23.8. The molecule has 2 amide bonds. The number of carbonyl (C=O) groups excluding carboxylic acids is 2. The fourth-order valence-electron chi connectivity index (χ4n) is 2.03. The Kier molecular flexibility index (Phi) is 6.95. The summed E-state index contributed by atoms with van der Waals surface area (Å²) in [6.07, 6.45) is 1.49. The highest BCUT2D eigenvalue weighted by atomic mass is 19.3. The quantitative estimate of drug-likeness (QED) is 0.709. The van der Waals surface area contributed by atoms with Gasteiger partial charge in [-0.05, 0) is 37.3 Å². The first kappa shape index (κ1) is 19.2. The van der Waals surface area contributed by atoms with Crippen molar-refractivity contribution in [1.29, 1.82) is 0 Å². The van der Waals surface area contributed by atoms with Crippen molar-refractivity contribution >= 4 is 11.8 Å². The van der Waals surface area contributed by atoms with Crippen LogP contribution in [0.3, 0.4) is 0 Å². The molecule has 1 aromatic carbocycles. The van der Waals surface area contributed by atoms with E-state index in [0.717, 1.165) is 0 Å². The van der Waals surface area contributed by atoms with Crippen LogP contribution >= 0.6 is 0 Å².